The summed E-state index contributed by atoms with van der Waals surface area (Å²) >= 11 is 3.37. The van der Waals surface area contributed by atoms with Crippen LogP contribution in [-0.2, 0) is 6.54 Å². The number of hydrogen-bond acceptors (Lipinski definition) is 7. The minimum absolute atomic E-state index is 0.0643. The lowest BCUT2D eigenvalue weighted by Crippen LogP contribution is -2.57. The molecule has 2 aromatic heterocycles. The largest absolute Gasteiger partial charge is 0.491 e. The van der Waals surface area contributed by atoms with Crippen molar-refractivity contribution in [3.05, 3.63) is 82.6 Å². The summed E-state index contributed by atoms with van der Waals surface area (Å²) in [6.07, 6.45) is 3.50. The molecule has 39 heavy (non-hydrogen) atoms. The second-order valence-electron chi connectivity index (χ2n) is 9.19. The van der Waals surface area contributed by atoms with Crippen molar-refractivity contribution in [2.45, 2.75) is 38.0 Å². The molecule has 202 valence electrons. The van der Waals surface area contributed by atoms with Gasteiger partial charge in [-0.2, -0.15) is 4.39 Å². The average molecular weight is 600 g/mol. The fourth-order valence-electron chi connectivity index (χ4n) is 4.41. The number of carbonyl (C=O) groups is 1. The third-order valence-electron chi connectivity index (χ3n) is 6.25. The van der Waals surface area contributed by atoms with E-state index in [4.69, 9.17) is 9.47 Å². The molecular weight excluding hydrogens is 576 g/mol. The van der Waals surface area contributed by atoms with Crippen LogP contribution in [0.2, 0.25) is 0 Å². The van der Waals surface area contributed by atoms with Gasteiger partial charge in [-0.05, 0) is 68.3 Å². The van der Waals surface area contributed by atoms with Crippen LogP contribution in [0.15, 0.2) is 65.4 Å². The lowest BCUT2D eigenvalue weighted by molar-refractivity contribution is -0.0688. The predicted octanol–water partition coefficient (Wildman–Crippen LogP) is 4.90. The van der Waals surface area contributed by atoms with Gasteiger partial charge in [-0.1, -0.05) is 21.1 Å². The monoisotopic (exact) mass is 599 g/mol. The maximum absolute atomic E-state index is 14.5. The molecule has 1 aliphatic carbocycles. The lowest BCUT2D eigenvalue weighted by Gasteiger charge is -2.43. The Morgan fingerprint density at radius 3 is 2.69 bits per heavy atom. The molecule has 0 atom stereocenters. The van der Waals surface area contributed by atoms with Crippen LogP contribution in [0, 0.1) is 11.6 Å². The zero-order valence-corrected chi connectivity index (χ0v) is 22.4. The van der Waals surface area contributed by atoms with Crippen LogP contribution in [0.5, 0.6) is 17.4 Å². The summed E-state index contributed by atoms with van der Waals surface area (Å²) in [6.45, 7) is 1.95. The fraction of sp³-hybridized carbons (Fsp3) is 0.259. The standard InChI is InChI=1S/C27H24BrF2N5O4/c1-2-38-22-10-9-19(23(29)24(22)30)21-14-35(34-33-21)15-27(37)12-17(13-27)32-25(36)20-4-3-11-31-26(20)39-18-7-5-16(28)6-8-18/h3-11,14,17,37H,2,12-13,15H2,1H3,(H,32,36). The Kier molecular flexibility index (Phi) is 7.58. The van der Waals surface area contributed by atoms with E-state index in [0.29, 0.717) is 5.75 Å². The number of nitrogens with one attached hydrogen (secondary N) is 1. The molecule has 0 unspecified atom stereocenters. The van der Waals surface area contributed by atoms with Crippen LogP contribution in [-0.4, -0.2) is 49.2 Å². The maximum atomic E-state index is 14.5. The quantitative estimate of drug-likeness (QED) is 0.281. The Bertz CT molecular complexity index is 1490. The molecule has 9 nitrogen and oxygen atoms in total. The molecule has 12 heteroatoms. The van der Waals surface area contributed by atoms with Gasteiger partial charge < -0.3 is 19.9 Å². The summed E-state index contributed by atoms with van der Waals surface area (Å²) in [7, 11) is 0. The van der Waals surface area contributed by atoms with Gasteiger partial charge in [-0.3, -0.25) is 4.79 Å². The molecule has 0 aliphatic heterocycles. The van der Waals surface area contributed by atoms with E-state index in [1.807, 2.05) is 12.1 Å². The van der Waals surface area contributed by atoms with E-state index in [-0.39, 0.29) is 66.4 Å². The van der Waals surface area contributed by atoms with Gasteiger partial charge in [0.05, 0.1) is 24.9 Å². The molecular formula is C27H24BrF2N5O4. The maximum Gasteiger partial charge on any atom is 0.257 e. The Labute approximate surface area is 230 Å². The first-order chi connectivity index (χ1) is 18.7. The van der Waals surface area contributed by atoms with E-state index < -0.39 is 17.2 Å². The second-order valence-corrected chi connectivity index (χ2v) is 10.1. The zero-order valence-electron chi connectivity index (χ0n) is 20.8. The van der Waals surface area contributed by atoms with Crippen molar-refractivity contribution in [1.29, 1.82) is 0 Å². The number of hydrogen-bond donors (Lipinski definition) is 2. The molecule has 1 fully saturated rings. The number of aromatic nitrogens is 4. The summed E-state index contributed by atoms with van der Waals surface area (Å²) in [6, 6.07) is 12.8. The van der Waals surface area contributed by atoms with Crippen molar-refractivity contribution >= 4 is 21.8 Å². The minimum Gasteiger partial charge on any atom is -0.491 e. The number of benzene rings is 2. The highest BCUT2D eigenvalue weighted by Gasteiger charge is 2.44. The molecule has 5 rings (SSSR count). The van der Waals surface area contributed by atoms with Gasteiger partial charge in [0.25, 0.3) is 5.91 Å². The molecule has 0 bridgehead atoms. The van der Waals surface area contributed by atoms with Gasteiger partial charge in [-0.15, -0.1) is 5.10 Å². The number of ether oxygens (including phenoxy) is 2. The van der Waals surface area contributed by atoms with Crippen molar-refractivity contribution in [2.75, 3.05) is 6.61 Å². The number of nitrogens with zero attached hydrogens (tertiary/aromatic N) is 4. The normalized spacial score (nSPS) is 18.3. The molecule has 4 aromatic rings. The number of amides is 1. The first-order valence-corrected chi connectivity index (χ1v) is 13.0. The Morgan fingerprint density at radius 1 is 1.18 bits per heavy atom. The van der Waals surface area contributed by atoms with E-state index in [1.54, 1.807) is 31.2 Å². The SMILES string of the molecule is CCOc1ccc(-c2cn(CC3(O)CC(NC(=O)c4cccnc4Oc4ccc(Br)cc4)C3)nn2)c(F)c1F. The van der Waals surface area contributed by atoms with Crippen molar-refractivity contribution in [2.24, 2.45) is 0 Å². The summed E-state index contributed by atoms with van der Waals surface area (Å²) in [5, 5.41) is 21.7. The summed E-state index contributed by atoms with van der Waals surface area (Å²) in [5.74, 6) is -2.04. The minimum atomic E-state index is -1.16. The number of pyridine rings is 1. The van der Waals surface area contributed by atoms with E-state index in [2.05, 4.69) is 36.5 Å². The Balaban J connectivity index is 1.19. The average Bonchev–Trinajstić information content (AvgIpc) is 3.35. The highest BCUT2D eigenvalue weighted by Crippen LogP contribution is 2.35. The predicted molar refractivity (Wildman–Crippen MR) is 140 cm³/mol. The Hall–Kier alpha value is -3.90. The Morgan fingerprint density at radius 2 is 1.95 bits per heavy atom. The van der Waals surface area contributed by atoms with Crippen LogP contribution in [0.1, 0.15) is 30.1 Å². The van der Waals surface area contributed by atoms with E-state index in [1.165, 1.54) is 29.2 Å². The van der Waals surface area contributed by atoms with Gasteiger partial charge in [0.2, 0.25) is 11.7 Å². The van der Waals surface area contributed by atoms with Crippen LogP contribution < -0.4 is 14.8 Å². The lowest BCUT2D eigenvalue weighted by atomic mass is 9.75. The van der Waals surface area contributed by atoms with Crippen molar-refractivity contribution in [3.63, 3.8) is 0 Å². The number of rotatable bonds is 9. The topological polar surface area (TPSA) is 111 Å². The molecule has 2 N–H and O–H groups in total. The number of carbonyl (C=O) groups excluding carboxylic acids is 1. The molecule has 0 saturated heterocycles. The van der Waals surface area contributed by atoms with Crippen LogP contribution >= 0.6 is 15.9 Å². The summed E-state index contributed by atoms with van der Waals surface area (Å²) in [4.78, 5) is 17.1. The number of halogens is 3. The molecule has 1 amide bonds. The van der Waals surface area contributed by atoms with Crippen molar-refractivity contribution < 1.29 is 28.2 Å². The van der Waals surface area contributed by atoms with E-state index >= 15 is 0 Å². The van der Waals surface area contributed by atoms with Gasteiger partial charge in [-0.25, -0.2) is 14.1 Å². The van der Waals surface area contributed by atoms with E-state index in [9.17, 15) is 18.7 Å². The molecule has 0 radical (unpaired) electrons. The number of aliphatic hydroxyl groups is 1. The first kappa shape index (κ1) is 26.7. The second kappa shape index (κ2) is 11.1. The van der Waals surface area contributed by atoms with Crippen molar-refractivity contribution in [3.8, 4) is 28.6 Å². The molecule has 0 spiro atoms. The highest BCUT2D eigenvalue weighted by molar-refractivity contribution is 9.10. The smallest absolute Gasteiger partial charge is 0.257 e. The third-order valence-corrected chi connectivity index (χ3v) is 6.78. The van der Waals surface area contributed by atoms with Crippen molar-refractivity contribution in [1.82, 2.24) is 25.3 Å². The molecule has 1 aliphatic rings. The van der Waals surface area contributed by atoms with Crippen LogP contribution in [0.25, 0.3) is 11.3 Å². The van der Waals surface area contributed by atoms with Gasteiger partial charge in [0.15, 0.2) is 11.6 Å². The van der Waals surface area contributed by atoms with Crippen LogP contribution in [0.4, 0.5) is 8.78 Å². The fourth-order valence-corrected chi connectivity index (χ4v) is 4.67. The first-order valence-electron chi connectivity index (χ1n) is 12.2. The molecule has 2 heterocycles. The van der Waals surface area contributed by atoms with Gasteiger partial charge >= 0.3 is 0 Å². The van der Waals surface area contributed by atoms with E-state index in [0.717, 1.165) is 4.47 Å². The highest BCUT2D eigenvalue weighted by atomic mass is 79.9. The molecule has 1 saturated carbocycles. The van der Waals surface area contributed by atoms with Crippen LogP contribution in [0.3, 0.4) is 0 Å². The summed E-state index contributed by atoms with van der Waals surface area (Å²) < 4.78 is 41.9. The third kappa shape index (κ3) is 5.91. The van der Waals surface area contributed by atoms with Gasteiger partial charge in [0, 0.05) is 22.3 Å². The van der Waals surface area contributed by atoms with Gasteiger partial charge in [0.1, 0.15) is 17.0 Å². The molecule has 2 aromatic carbocycles. The zero-order chi connectivity index (χ0) is 27.6. The summed E-state index contributed by atoms with van der Waals surface area (Å²) in [5.41, 5.74) is -0.832.